The number of piperidine rings is 2. The van der Waals surface area contributed by atoms with Gasteiger partial charge in [0.15, 0.2) is 12.2 Å². The SMILES string of the molecule is COc1ccc(S(=O)(=O)c2cc(Cl)ccc2OC)cc1N(OC(=O)C(O)C(O)C(=O)ON(c1cc(S(=O)(=O)c2cc(Cl)ccc2OC)ccc1OC)C1CCN(C)CC1)C1CCN(C)CC1. The van der Waals surface area contributed by atoms with Crippen molar-refractivity contribution >= 4 is 66.2 Å². The van der Waals surface area contributed by atoms with Crippen LogP contribution in [-0.4, -0.2) is 142 Å². The summed E-state index contributed by atoms with van der Waals surface area (Å²) in [5.41, 5.74) is -0.0324. The average molecular weight is 996 g/mol. The van der Waals surface area contributed by atoms with E-state index < -0.39 is 55.9 Å². The molecular weight excluding hydrogens is 944 g/mol. The van der Waals surface area contributed by atoms with E-state index in [4.69, 9.17) is 51.8 Å². The van der Waals surface area contributed by atoms with Gasteiger partial charge in [0.2, 0.25) is 19.7 Å². The molecule has 18 nitrogen and oxygen atoms in total. The maximum Gasteiger partial charge on any atom is 0.363 e. The number of hydrogen-bond donors (Lipinski definition) is 2. The number of anilines is 2. The molecule has 66 heavy (non-hydrogen) atoms. The van der Waals surface area contributed by atoms with Crippen molar-refractivity contribution in [2.24, 2.45) is 0 Å². The monoisotopic (exact) mass is 994 g/mol. The lowest BCUT2D eigenvalue weighted by Crippen LogP contribution is -2.51. The van der Waals surface area contributed by atoms with Gasteiger partial charge in [-0.15, -0.1) is 0 Å². The molecule has 2 atom stereocenters. The van der Waals surface area contributed by atoms with Crippen LogP contribution in [0.25, 0.3) is 0 Å². The number of ether oxygens (including phenoxy) is 4. The predicted molar refractivity (Wildman–Crippen MR) is 243 cm³/mol. The highest BCUT2D eigenvalue weighted by atomic mass is 35.5. The Morgan fingerprint density at radius 3 is 1.20 bits per heavy atom. The average Bonchev–Trinajstić information content (AvgIpc) is 3.32. The van der Waals surface area contributed by atoms with Crippen LogP contribution in [-0.2, 0) is 38.9 Å². The first-order valence-electron chi connectivity index (χ1n) is 20.6. The number of rotatable bonds is 17. The largest absolute Gasteiger partial charge is 0.495 e. The Hall–Kier alpha value is -5.06. The Morgan fingerprint density at radius 2 is 0.879 bits per heavy atom. The second-order valence-electron chi connectivity index (χ2n) is 15.7. The van der Waals surface area contributed by atoms with Gasteiger partial charge in [-0.25, -0.2) is 26.4 Å². The Morgan fingerprint density at radius 1 is 0.561 bits per heavy atom. The summed E-state index contributed by atoms with van der Waals surface area (Å²) in [4.78, 5) is 42.7. The zero-order chi connectivity index (χ0) is 48.1. The van der Waals surface area contributed by atoms with Crippen LogP contribution in [0.15, 0.2) is 92.4 Å². The fourth-order valence-corrected chi connectivity index (χ4v) is 11.1. The van der Waals surface area contributed by atoms with Crippen molar-refractivity contribution in [2.75, 3.05) is 78.8 Å². The van der Waals surface area contributed by atoms with Gasteiger partial charge in [-0.2, -0.15) is 10.1 Å². The van der Waals surface area contributed by atoms with Crippen LogP contribution in [0, 0.1) is 0 Å². The van der Waals surface area contributed by atoms with Crippen molar-refractivity contribution in [1.29, 1.82) is 0 Å². The molecule has 0 radical (unpaired) electrons. The molecule has 0 saturated carbocycles. The van der Waals surface area contributed by atoms with Gasteiger partial charge in [0, 0.05) is 10.0 Å². The molecule has 0 amide bonds. The van der Waals surface area contributed by atoms with E-state index in [0.29, 0.717) is 51.9 Å². The van der Waals surface area contributed by atoms with E-state index in [1.165, 1.54) is 101 Å². The molecule has 0 aliphatic carbocycles. The molecule has 2 unspecified atom stereocenters. The van der Waals surface area contributed by atoms with E-state index >= 15 is 0 Å². The molecule has 2 N–H and O–H groups in total. The molecule has 2 heterocycles. The highest BCUT2D eigenvalue weighted by Crippen LogP contribution is 2.41. The van der Waals surface area contributed by atoms with Gasteiger partial charge >= 0.3 is 11.9 Å². The molecule has 0 spiro atoms. The Bertz CT molecular complexity index is 2450. The summed E-state index contributed by atoms with van der Waals surface area (Å²) in [7, 11) is 0.445. The second-order valence-corrected chi connectivity index (χ2v) is 20.4. The number of hydrogen-bond acceptors (Lipinski definition) is 18. The lowest BCUT2D eigenvalue weighted by atomic mass is 10.0. The molecular formula is C44H52Cl2N4O14S2. The van der Waals surface area contributed by atoms with Gasteiger partial charge in [-0.05, 0) is 139 Å². The first kappa shape index (κ1) is 50.4. The summed E-state index contributed by atoms with van der Waals surface area (Å²) < 4.78 is 78.2. The van der Waals surface area contributed by atoms with E-state index in [-0.39, 0.29) is 64.0 Å². The van der Waals surface area contributed by atoms with Crippen molar-refractivity contribution in [3.05, 3.63) is 82.8 Å². The molecule has 2 aliphatic heterocycles. The third-order valence-corrected chi connectivity index (χ3v) is 15.4. The summed E-state index contributed by atoms with van der Waals surface area (Å²) >= 11 is 12.4. The lowest BCUT2D eigenvalue weighted by molar-refractivity contribution is -0.176. The molecule has 358 valence electrons. The number of carbonyl (C=O) groups is 2. The van der Waals surface area contributed by atoms with Crippen LogP contribution < -0.4 is 29.1 Å². The second kappa shape index (κ2) is 21.3. The Balaban J connectivity index is 1.32. The molecule has 4 aromatic carbocycles. The normalized spacial score (nSPS) is 16.5. The van der Waals surface area contributed by atoms with Crippen LogP contribution in [0.5, 0.6) is 23.0 Å². The molecule has 2 fully saturated rings. The maximum absolute atomic E-state index is 14.1. The number of hydroxylamine groups is 2. The molecule has 2 aliphatic rings. The van der Waals surface area contributed by atoms with Crippen molar-refractivity contribution in [2.45, 2.75) is 69.6 Å². The zero-order valence-corrected chi connectivity index (χ0v) is 40.2. The summed E-state index contributed by atoms with van der Waals surface area (Å²) in [5, 5.41) is 25.2. The van der Waals surface area contributed by atoms with Crippen molar-refractivity contribution in [1.82, 2.24) is 9.80 Å². The van der Waals surface area contributed by atoms with Gasteiger partial charge in [-0.3, -0.25) is 0 Å². The van der Waals surface area contributed by atoms with Gasteiger partial charge in [0.05, 0.1) is 50.3 Å². The number of carbonyl (C=O) groups excluding carboxylic acids is 2. The van der Waals surface area contributed by atoms with E-state index in [9.17, 15) is 36.6 Å². The fraction of sp³-hybridized carbons (Fsp3) is 0.409. The molecule has 22 heteroatoms. The Kier molecular flexibility index (Phi) is 16.2. The highest BCUT2D eigenvalue weighted by Gasteiger charge is 2.40. The number of aliphatic hydroxyl groups excluding tert-OH is 2. The molecule has 6 rings (SSSR count). The first-order valence-corrected chi connectivity index (χ1v) is 24.3. The number of halogens is 2. The van der Waals surface area contributed by atoms with Crippen molar-refractivity contribution in [3.8, 4) is 23.0 Å². The maximum atomic E-state index is 14.1. The minimum Gasteiger partial charge on any atom is -0.495 e. The van der Waals surface area contributed by atoms with E-state index in [0.717, 1.165) is 10.1 Å². The number of likely N-dealkylation sites (tertiary alicyclic amines) is 2. The third-order valence-electron chi connectivity index (χ3n) is 11.4. The molecule has 0 bridgehead atoms. The van der Waals surface area contributed by atoms with Crippen molar-refractivity contribution < 1.29 is 65.3 Å². The van der Waals surface area contributed by atoms with Crippen LogP contribution in [0.3, 0.4) is 0 Å². The number of benzene rings is 4. The predicted octanol–water partition coefficient (Wildman–Crippen LogP) is 4.83. The van der Waals surface area contributed by atoms with Gasteiger partial charge in [-0.1, -0.05) is 23.2 Å². The first-order chi connectivity index (χ1) is 31.3. The number of aliphatic hydroxyl groups is 2. The number of nitrogens with zero attached hydrogens (tertiary/aromatic N) is 4. The van der Waals surface area contributed by atoms with Crippen LogP contribution in [0.2, 0.25) is 10.0 Å². The van der Waals surface area contributed by atoms with Crippen molar-refractivity contribution in [3.63, 3.8) is 0 Å². The topological polar surface area (TPSA) is 211 Å². The smallest absolute Gasteiger partial charge is 0.363 e. The van der Waals surface area contributed by atoms with Gasteiger partial charge in [0.1, 0.15) is 44.2 Å². The van der Waals surface area contributed by atoms with Gasteiger partial charge in [0.25, 0.3) is 0 Å². The van der Waals surface area contributed by atoms with E-state index in [2.05, 4.69) is 0 Å². The van der Waals surface area contributed by atoms with E-state index in [1.807, 2.05) is 23.9 Å². The number of sulfone groups is 2. The van der Waals surface area contributed by atoms with Crippen LogP contribution >= 0.6 is 23.2 Å². The summed E-state index contributed by atoms with van der Waals surface area (Å²) in [5.74, 6) is -2.73. The summed E-state index contributed by atoms with van der Waals surface area (Å²) in [6.07, 6.45) is -3.50. The lowest BCUT2D eigenvalue weighted by Gasteiger charge is -2.38. The standard InChI is InChI=1S/C44H52Cl2N4O14S2/c1-47-19-15-29(16-20-47)49(33-25-31(9-13-35(33)59-3)65(55,56)39-23-27(45)7-11-37(39)61-5)63-43(53)41(51)42(52)44(54)64-50(30-17-21-48(2)22-18-30)34-26-32(10-14-36(34)60-4)66(57,58)40-24-28(46)8-12-38(40)62-6/h7-14,23-26,29-30,41-42,51-52H,15-22H2,1-6H3. The van der Waals surface area contributed by atoms with Crippen LogP contribution in [0.4, 0.5) is 11.4 Å². The van der Waals surface area contributed by atoms with Crippen LogP contribution in [0.1, 0.15) is 25.7 Å². The molecule has 4 aromatic rings. The summed E-state index contributed by atoms with van der Waals surface area (Å²) in [6, 6.07) is 14.9. The fourth-order valence-electron chi connectivity index (χ4n) is 7.65. The molecule has 0 aromatic heterocycles. The summed E-state index contributed by atoms with van der Waals surface area (Å²) in [6.45, 7) is 2.17. The Labute approximate surface area is 393 Å². The zero-order valence-electron chi connectivity index (χ0n) is 37.0. The highest BCUT2D eigenvalue weighted by molar-refractivity contribution is 7.92. The minimum atomic E-state index is -4.33. The molecule has 2 saturated heterocycles. The van der Waals surface area contributed by atoms with E-state index in [1.54, 1.807) is 0 Å². The minimum absolute atomic E-state index is 0.0162. The van der Waals surface area contributed by atoms with Gasteiger partial charge < -0.3 is 48.6 Å². The number of methoxy groups -OCH3 is 4. The quantitative estimate of drug-likeness (QED) is 0.136. The third kappa shape index (κ3) is 10.9.